The summed E-state index contributed by atoms with van der Waals surface area (Å²) in [5.41, 5.74) is 1.04. The number of hydrogen-bond donors (Lipinski definition) is 1. The maximum Gasteiger partial charge on any atom is 0.358 e. The molecule has 1 aromatic heterocycles. The van der Waals surface area contributed by atoms with Crippen LogP contribution in [0.25, 0.3) is 5.69 Å². The van der Waals surface area contributed by atoms with E-state index in [0.717, 1.165) is 0 Å². The van der Waals surface area contributed by atoms with Crippen molar-refractivity contribution >= 4 is 16.0 Å². The van der Waals surface area contributed by atoms with Crippen LogP contribution in [0.2, 0.25) is 0 Å². The van der Waals surface area contributed by atoms with E-state index in [1.807, 2.05) is 0 Å². The second kappa shape index (κ2) is 4.97. The normalized spacial score (nSPS) is 15.7. The fourth-order valence-electron chi connectivity index (χ4n) is 2.24. The quantitative estimate of drug-likeness (QED) is 0.830. The van der Waals surface area contributed by atoms with Crippen molar-refractivity contribution in [2.75, 3.05) is 6.61 Å². The smallest absolute Gasteiger partial charge is 0.358 e. The largest absolute Gasteiger partial charge is 0.461 e. The Labute approximate surface area is 121 Å². The third-order valence-corrected chi connectivity index (χ3v) is 4.63. The number of fused-ring (bicyclic) bond motifs is 3. The van der Waals surface area contributed by atoms with Crippen molar-refractivity contribution in [1.82, 2.24) is 14.3 Å². The lowest BCUT2D eigenvalue weighted by Crippen LogP contribution is -2.23. The molecule has 0 amide bonds. The molecule has 110 valence electrons. The van der Waals surface area contributed by atoms with E-state index in [1.165, 1.54) is 12.4 Å². The van der Waals surface area contributed by atoms with E-state index in [4.69, 9.17) is 4.74 Å². The van der Waals surface area contributed by atoms with Gasteiger partial charge in [0.15, 0.2) is 5.69 Å². The average Bonchev–Trinajstić information content (AvgIpc) is 2.85. The Bertz CT molecular complexity index is 811. The van der Waals surface area contributed by atoms with Crippen molar-refractivity contribution < 1.29 is 17.9 Å². The molecule has 0 saturated heterocycles. The lowest BCUT2D eigenvalue weighted by atomic mass is 10.2. The molecule has 1 aliphatic heterocycles. The van der Waals surface area contributed by atoms with Gasteiger partial charge in [0.2, 0.25) is 10.0 Å². The lowest BCUT2D eigenvalue weighted by molar-refractivity contribution is 0.0518. The third-order valence-electron chi connectivity index (χ3n) is 3.18. The minimum Gasteiger partial charge on any atom is -0.461 e. The van der Waals surface area contributed by atoms with Crippen molar-refractivity contribution in [3.8, 4) is 5.69 Å². The SMILES string of the molecule is CCOC(=O)c1ncn2c1CNS(=O)(=O)c1ccccc1-2. The number of para-hydroxylation sites is 1. The molecule has 0 aliphatic carbocycles. The van der Waals surface area contributed by atoms with Crippen LogP contribution in [-0.4, -0.2) is 30.5 Å². The molecular formula is C13H13N3O4S. The topological polar surface area (TPSA) is 90.3 Å². The lowest BCUT2D eigenvalue weighted by Gasteiger charge is -2.07. The Morgan fingerprint density at radius 2 is 2.19 bits per heavy atom. The summed E-state index contributed by atoms with van der Waals surface area (Å²) in [6.07, 6.45) is 1.43. The number of carbonyl (C=O) groups is 1. The highest BCUT2D eigenvalue weighted by Gasteiger charge is 2.28. The zero-order valence-electron chi connectivity index (χ0n) is 11.2. The monoisotopic (exact) mass is 307 g/mol. The number of hydrogen-bond acceptors (Lipinski definition) is 5. The maximum absolute atomic E-state index is 12.2. The van der Waals surface area contributed by atoms with Gasteiger partial charge in [-0.25, -0.2) is 22.9 Å². The van der Waals surface area contributed by atoms with Gasteiger partial charge in [-0.2, -0.15) is 0 Å². The summed E-state index contributed by atoms with van der Waals surface area (Å²) in [6.45, 7) is 1.91. The summed E-state index contributed by atoms with van der Waals surface area (Å²) >= 11 is 0. The summed E-state index contributed by atoms with van der Waals surface area (Å²) in [6, 6.07) is 6.55. The summed E-state index contributed by atoms with van der Waals surface area (Å²) in [5.74, 6) is -0.565. The van der Waals surface area contributed by atoms with Crippen molar-refractivity contribution in [3.05, 3.63) is 42.0 Å². The molecule has 3 rings (SSSR count). The molecule has 0 atom stereocenters. The molecule has 0 unspecified atom stereocenters. The summed E-state index contributed by atoms with van der Waals surface area (Å²) in [7, 11) is -3.62. The van der Waals surface area contributed by atoms with Crippen molar-refractivity contribution in [2.24, 2.45) is 0 Å². The number of nitrogens with zero attached hydrogens (tertiary/aromatic N) is 2. The second-order valence-electron chi connectivity index (χ2n) is 4.42. The number of rotatable bonds is 2. The molecule has 1 N–H and O–H groups in total. The van der Waals surface area contributed by atoms with Gasteiger partial charge in [0.25, 0.3) is 0 Å². The van der Waals surface area contributed by atoms with Crippen LogP contribution in [0.3, 0.4) is 0 Å². The van der Waals surface area contributed by atoms with Crippen LogP contribution < -0.4 is 4.72 Å². The first kappa shape index (κ1) is 13.8. The number of aromatic nitrogens is 2. The van der Waals surface area contributed by atoms with Crippen LogP contribution in [-0.2, 0) is 21.3 Å². The molecule has 21 heavy (non-hydrogen) atoms. The molecule has 0 radical (unpaired) electrons. The Morgan fingerprint density at radius 3 is 2.95 bits per heavy atom. The number of benzene rings is 1. The van der Waals surface area contributed by atoms with Gasteiger partial charge in [-0.3, -0.25) is 4.57 Å². The zero-order chi connectivity index (χ0) is 15.0. The Balaban J connectivity index is 2.20. The molecule has 1 aromatic carbocycles. The Kier molecular flexibility index (Phi) is 3.26. The fraction of sp³-hybridized carbons (Fsp3) is 0.231. The standard InChI is InChI=1S/C13H13N3O4S/c1-2-20-13(17)12-10-7-15-21(18,19)11-6-4-3-5-9(11)16(10)8-14-12/h3-6,8,15H,2,7H2,1H3. The van der Waals surface area contributed by atoms with E-state index in [2.05, 4.69) is 9.71 Å². The van der Waals surface area contributed by atoms with Gasteiger partial charge in [0.05, 0.1) is 24.5 Å². The Morgan fingerprint density at radius 1 is 1.43 bits per heavy atom. The first-order valence-corrected chi connectivity index (χ1v) is 7.85. The number of carbonyl (C=O) groups excluding carboxylic acids is 1. The van der Waals surface area contributed by atoms with Crippen LogP contribution >= 0.6 is 0 Å². The summed E-state index contributed by atoms with van der Waals surface area (Å²) < 4.78 is 33.4. The van der Waals surface area contributed by atoms with E-state index in [1.54, 1.807) is 29.7 Å². The molecule has 2 heterocycles. The highest BCUT2D eigenvalue weighted by atomic mass is 32.2. The Hall–Kier alpha value is -2.19. The summed E-state index contributed by atoms with van der Waals surface area (Å²) in [5, 5.41) is 0. The van der Waals surface area contributed by atoms with Crippen molar-refractivity contribution in [1.29, 1.82) is 0 Å². The van der Waals surface area contributed by atoms with E-state index >= 15 is 0 Å². The fourth-order valence-corrected chi connectivity index (χ4v) is 3.43. The maximum atomic E-state index is 12.2. The van der Waals surface area contributed by atoms with Crippen molar-refractivity contribution in [3.63, 3.8) is 0 Å². The van der Waals surface area contributed by atoms with Gasteiger partial charge in [-0.1, -0.05) is 12.1 Å². The minimum atomic E-state index is -3.62. The molecular weight excluding hydrogens is 294 g/mol. The zero-order valence-corrected chi connectivity index (χ0v) is 12.1. The predicted octanol–water partition coefficient (Wildman–Crippen LogP) is 0.841. The third kappa shape index (κ3) is 2.22. The van der Waals surface area contributed by atoms with Crippen LogP contribution in [0.1, 0.15) is 23.1 Å². The number of sulfonamides is 1. The predicted molar refractivity (Wildman–Crippen MR) is 73.5 cm³/mol. The molecule has 2 aromatic rings. The van der Waals surface area contributed by atoms with E-state index in [0.29, 0.717) is 11.4 Å². The van der Waals surface area contributed by atoms with Gasteiger partial charge < -0.3 is 4.74 Å². The summed E-state index contributed by atoms with van der Waals surface area (Å²) in [4.78, 5) is 16.1. The van der Waals surface area contributed by atoms with Crippen LogP contribution in [0.15, 0.2) is 35.5 Å². The molecule has 8 heteroatoms. The van der Waals surface area contributed by atoms with Gasteiger partial charge in [-0.15, -0.1) is 0 Å². The number of ether oxygens (including phenoxy) is 1. The highest BCUT2D eigenvalue weighted by Crippen LogP contribution is 2.26. The van der Waals surface area contributed by atoms with Crippen molar-refractivity contribution in [2.45, 2.75) is 18.4 Å². The molecule has 7 nitrogen and oxygen atoms in total. The van der Waals surface area contributed by atoms with Crippen LogP contribution in [0, 0.1) is 0 Å². The van der Waals surface area contributed by atoms with Crippen LogP contribution in [0.4, 0.5) is 0 Å². The van der Waals surface area contributed by atoms with E-state index in [9.17, 15) is 13.2 Å². The highest BCUT2D eigenvalue weighted by molar-refractivity contribution is 7.89. The first-order chi connectivity index (χ1) is 10.0. The van der Waals surface area contributed by atoms with Gasteiger partial charge in [0.1, 0.15) is 11.2 Å². The van der Waals surface area contributed by atoms with E-state index < -0.39 is 16.0 Å². The minimum absolute atomic E-state index is 0.0227. The van der Waals surface area contributed by atoms with Gasteiger partial charge >= 0.3 is 5.97 Å². The molecule has 0 saturated carbocycles. The van der Waals surface area contributed by atoms with E-state index in [-0.39, 0.29) is 23.7 Å². The number of esters is 1. The average molecular weight is 307 g/mol. The number of imidazole rings is 1. The van der Waals surface area contributed by atoms with Gasteiger partial charge in [-0.05, 0) is 19.1 Å². The molecule has 0 fully saturated rings. The molecule has 1 aliphatic rings. The van der Waals surface area contributed by atoms with Gasteiger partial charge in [0, 0.05) is 0 Å². The number of nitrogens with one attached hydrogen (secondary N) is 1. The van der Waals surface area contributed by atoms with Crippen LogP contribution in [0.5, 0.6) is 0 Å². The second-order valence-corrected chi connectivity index (χ2v) is 6.16. The molecule has 0 spiro atoms. The first-order valence-electron chi connectivity index (χ1n) is 6.37. The molecule has 0 bridgehead atoms.